The van der Waals surface area contributed by atoms with Gasteiger partial charge in [0.2, 0.25) is 5.91 Å². The zero-order chi connectivity index (χ0) is 14.0. The highest BCUT2D eigenvalue weighted by molar-refractivity contribution is 6.34. The number of nitrogen functional groups attached to an aromatic ring is 1. The van der Waals surface area contributed by atoms with Crippen molar-refractivity contribution in [1.29, 1.82) is 0 Å². The zero-order valence-electron chi connectivity index (χ0n) is 10.6. The van der Waals surface area contributed by atoms with Gasteiger partial charge in [0.15, 0.2) is 0 Å². The van der Waals surface area contributed by atoms with Gasteiger partial charge >= 0.3 is 0 Å². The lowest BCUT2D eigenvalue weighted by Gasteiger charge is -2.18. The standard InChI is InChI=1S/C13H16ClN3O2/c1-17(7-11(18)16-8-5-6-8)13(19)12-9(14)3-2-4-10(12)15/h2-4,8H,5-7,15H2,1H3,(H,16,18). The zero-order valence-corrected chi connectivity index (χ0v) is 11.4. The first kappa shape index (κ1) is 13.7. The third kappa shape index (κ3) is 3.38. The Morgan fingerprint density at radius 2 is 2.16 bits per heavy atom. The van der Waals surface area contributed by atoms with E-state index in [0.717, 1.165) is 12.8 Å². The molecule has 6 heteroatoms. The molecule has 1 aliphatic carbocycles. The van der Waals surface area contributed by atoms with Crippen LogP contribution >= 0.6 is 11.6 Å². The fraction of sp³-hybridized carbons (Fsp3) is 0.385. The molecule has 2 rings (SSSR count). The van der Waals surface area contributed by atoms with Crippen molar-refractivity contribution in [3.63, 3.8) is 0 Å². The lowest BCUT2D eigenvalue weighted by Crippen LogP contribution is -2.39. The molecule has 0 bridgehead atoms. The summed E-state index contributed by atoms with van der Waals surface area (Å²) in [5, 5.41) is 3.11. The average molecular weight is 282 g/mol. The molecule has 1 aliphatic rings. The molecule has 2 amide bonds. The van der Waals surface area contributed by atoms with Crippen molar-refractivity contribution in [2.45, 2.75) is 18.9 Å². The molecule has 19 heavy (non-hydrogen) atoms. The predicted molar refractivity (Wildman–Crippen MR) is 74.0 cm³/mol. The van der Waals surface area contributed by atoms with Gasteiger partial charge < -0.3 is 16.0 Å². The van der Waals surface area contributed by atoms with E-state index in [4.69, 9.17) is 17.3 Å². The van der Waals surface area contributed by atoms with E-state index in [9.17, 15) is 9.59 Å². The van der Waals surface area contributed by atoms with Gasteiger partial charge in [-0.1, -0.05) is 17.7 Å². The molecule has 0 saturated heterocycles. The van der Waals surface area contributed by atoms with Crippen molar-refractivity contribution >= 4 is 29.1 Å². The van der Waals surface area contributed by atoms with Crippen molar-refractivity contribution in [3.05, 3.63) is 28.8 Å². The van der Waals surface area contributed by atoms with Crippen LogP contribution in [0.25, 0.3) is 0 Å². The van der Waals surface area contributed by atoms with Gasteiger partial charge in [-0.3, -0.25) is 9.59 Å². The summed E-state index contributed by atoms with van der Waals surface area (Å²) in [5.41, 5.74) is 6.30. The van der Waals surface area contributed by atoms with E-state index in [1.165, 1.54) is 4.90 Å². The average Bonchev–Trinajstić information content (AvgIpc) is 3.12. The molecule has 0 aromatic heterocycles. The first-order chi connectivity index (χ1) is 8.99. The molecule has 0 unspecified atom stereocenters. The number of amides is 2. The van der Waals surface area contributed by atoms with Crippen LogP contribution in [0, 0.1) is 0 Å². The minimum atomic E-state index is -0.353. The monoisotopic (exact) mass is 281 g/mol. The smallest absolute Gasteiger partial charge is 0.257 e. The van der Waals surface area contributed by atoms with Gasteiger partial charge in [0.05, 0.1) is 17.1 Å². The van der Waals surface area contributed by atoms with Crippen molar-refractivity contribution in [3.8, 4) is 0 Å². The number of carbonyl (C=O) groups excluding carboxylic acids is 2. The van der Waals surface area contributed by atoms with Crippen LogP contribution < -0.4 is 11.1 Å². The van der Waals surface area contributed by atoms with Crippen molar-refractivity contribution in [1.82, 2.24) is 10.2 Å². The first-order valence-electron chi connectivity index (χ1n) is 6.08. The third-order valence-corrected chi connectivity index (χ3v) is 3.24. The molecule has 0 heterocycles. The van der Waals surface area contributed by atoms with E-state index in [-0.39, 0.29) is 30.0 Å². The summed E-state index contributed by atoms with van der Waals surface area (Å²) in [6.07, 6.45) is 2.03. The summed E-state index contributed by atoms with van der Waals surface area (Å²) in [7, 11) is 1.55. The summed E-state index contributed by atoms with van der Waals surface area (Å²) in [6.45, 7) is -0.00000346. The molecule has 3 N–H and O–H groups in total. The lowest BCUT2D eigenvalue weighted by atomic mass is 10.1. The maximum Gasteiger partial charge on any atom is 0.257 e. The Labute approximate surface area is 116 Å². The minimum Gasteiger partial charge on any atom is -0.398 e. The minimum absolute atomic E-state index is 0.00000346. The van der Waals surface area contributed by atoms with E-state index in [0.29, 0.717) is 10.7 Å². The van der Waals surface area contributed by atoms with Crippen molar-refractivity contribution in [2.24, 2.45) is 0 Å². The number of hydrogen-bond donors (Lipinski definition) is 2. The van der Waals surface area contributed by atoms with Gasteiger partial charge in [-0.05, 0) is 25.0 Å². The number of rotatable bonds is 4. The van der Waals surface area contributed by atoms with Gasteiger partial charge in [-0.15, -0.1) is 0 Å². The fourth-order valence-corrected chi connectivity index (χ4v) is 2.01. The number of carbonyl (C=O) groups is 2. The van der Waals surface area contributed by atoms with Crippen LogP contribution in [0.4, 0.5) is 5.69 Å². The van der Waals surface area contributed by atoms with Crippen molar-refractivity contribution < 1.29 is 9.59 Å². The number of halogens is 1. The largest absolute Gasteiger partial charge is 0.398 e. The van der Waals surface area contributed by atoms with E-state index in [2.05, 4.69) is 5.32 Å². The molecular weight excluding hydrogens is 266 g/mol. The summed E-state index contributed by atoms with van der Waals surface area (Å²) < 4.78 is 0. The van der Waals surface area contributed by atoms with E-state index >= 15 is 0 Å². The number of hydrogen-bond acceptors (Lipinski definition) is 3. The summed E-state index contributed by atoms with van der Waals surface area (Å²) in [4.78, 5) is 25.2. The van der Waals surface area contributed by atoms with Crippen LogP contribution in [0.3, 0.4) is 0 Å². The van der Waals surface area contributed by atoms with Crippen LogP contribution in [-0.4, -0.2) is 36.3 Å². The number of benzene rings is 1. The van der Waals surface area contributed by atoms with Gasteiger partial charge in [0, 0.05) is 18.8 Å². The van der Waals surface area contributed by atoms with Gasteiger partial charge in [0.25, 0.3) is 5.91 Å². The third-order valence-electron chi connectivity index (χ3n) is 2.93. The van der Waals surface area contributed by atoms with Gasteiger partial charge in [-0.2, -0.15) is 0 Å². The molecule has 5 nitrogen and oxygen atoms in total. The molecule has 1 saturated carbocycles. The Hall–Kier alpha value is -1.75. The maximum absolute atomic E-state index is 12.2. The second-order valence-corrected chi connectivity index (χ2v) is 5.11. The highest BCUT2D eigenvalue weighted by Gasteiger charge is 2.25. The lowest BCUT2D eigenvalue weighted by molar-refractivity contribution is -0.121. The molecule has 0 spiro atoms. The molecule has 0 radical (unpaired) electrons. The van der Waals surface area contributed by atoms with Crippen molar-refractivity contribution in [2.75, 3.05) is 19.3 Å². The van der Waals surface area contributed by atoms with Crippen LogP contribution in [0.2, 0.25) is 5.02 Å². The molecule has 1 fully saturated rings. The Morgan fingerprint density at radius 3 is 2.74 bits per heavy atom. The second kappa shape index (κ2) is 5.48. The molecule has 1 aromatic carbocycles. The topological polar surface area (TPSA) is 75.4 Å². The number of likely N-dealkylation sites (N-methyl/N-ethyl adjacent to an activating group) is 1. The van der Waals surface area contributed by atoms with Crippen LogP contribution in [0.15, 0.2) is 18.2 Å². The molecule has 0 aliphatic heterocycles. The number of nitrogens with zero attached hydrogens (tertiary/aromatic N) is 1. The summed E-state index contributed by atoms with van der Waals surface area (Å²) in [6, 6.07) is 5.16. The molecule has 102 valence electrons. The SMILES string of the molecule is CN(CC(=O)NC1CC1)C(=O)c1c(N)cccc1Cl. The normalized spacial score (nSPS) is 14.0. The Kier molecular flexibility index (Phi) is 3.95. The summed E-state index contributed by atoms with van der Waals surface area (Å²) in [5.74, 6) is -0.516. The maximum atomic E-state index is 12.2. The second-order valence-electron chi connectivity index (χ2n) is 4.71. The predicted octanol–water partition coefficient (Wildman–Crippen LogP) is 1.27. The summed E-state index contributed by atoms with van der Waals surface area (Å²) >= 11 is 5.97. The fourth-order valence-electron chi connectivity index (χ4n) is 1.75. The van der Waals surface area contributed by atoms with Crippen LogP contribution in [-0.2, 0) is 4.79 Å². The quantitative estimate of drug-likeness (QED) is 0.816. The van der Waals surface area contributed by atoms with Gasteiger partial charge in [-0.25, -0.2) is 0 Å². The molecule has 1 aromatic rings. The highest BCUT2D eigenvalue weighted by atomic mass is 35.5. The van der Waals surface area contributed by atoms with Gasteiger partial charge in [0.1, 0.15) is 0 Å². The number of anilines is 1. The van der Waals surface area contributed by atoms with E-state index in [1.54, 1.807) is 25.2 Å². The van der Waals surface area contributed by atoms with Crippen LogP contribution in [0.1, 0.15) is 23.2 Å². The van der Waals surface area contributed by atoms with Crippen LogP contribution in [0.5, 0.6) is 0 Å². The Morgan fingerprint density at radius 1 is 1.47 bits per heavy atom. The van der Waals surface area contributed by atoms with E-state index < -0.39 is 0 Å². The van der Waals surface area contributed by atoms with E-state index in [1.807, 2.05) is 0 Å². The Balaban J connectivity index is 2.03. The number of nitrogens with one attached hydrogen (secondary N) is 1. The highest BCUT2D eigenvalue weighted by Crippen LogP contribution is 2.23. The molecule has 0 atom stereocenters. The Bertz CT molecular complexity index is 494. The first-order valence-corrected chi connectivity index (χ1v) is 6.45. The molecular formula is C13H16ClN3O2. The number of nitrogens with two attached hydrogens (primary N) is 1.